The number of likely N-dealkylation sites (N-methyl/N-ethyl adjacent to an activating group) is 1. The fourth-order valence-corrected chi connectivity index (χ4v) is 2.55. The number of thiophene rings is 1. The van der Waals surface area contributed by atoms with E-state index in [4.69, 9.17) is 0 Å². The number of nitrogens with one attached hydrogen (secondary N) is 1. The molecule has 1 rings (SSSR count). The first-order valence-electron chi connectivity index (χ1n) is 6.74. The minimum absolute atomic E-state index is 1.10. The van der Waals surface area contributed by atoms with Gasteiger partial charge in [-0.15, -0.1) is 11.3 Å². The van der Waals surface area contributed by atoms with Gasteiger partial charge in [0.05, 0.1) is 0 Å². The van der Waals surface area contributed by atoms with Gasteiger partial charge in [-0.3, -0.25) is 0 Å². The number of rotatable bonds is 10. The summed E-state index contributed by atoms with van der Waals surface area (Å²) in [6, 6.07) is 4.37. The van der Waals surface area contributed by atoms with E-state index in [2.05, 4.69) is 41.7 Å². The molecule has 3 heteroatoms. The van der Waals surface area contributed by atoms with E-state index in [-0.39, 0.29) is 0 Å². The summed E-state index contributed by atoms with van der Waals surface area (Å²) < 4.78 is 0. The molecule has 0 bridgehead atoms. The van der Waals surface area contributed by atoms with Gasteiger partial charge in [0.15, 0.2) is 0 Å². The lowest BCUT2D eigenvalue weighted by Crippen LogP contribution is -2.22. The van der Waals surface area contributed by atoms with Crippen molar-refractivity contribution >= 4 is 11.3 Å². The predicted octanol–water partition coefficient (Wildman–Crippen LogP) is 3.00. The van der Waals surface area contributed by atoms with Crippen molar-refractivity contribution in [2.24, 2.45) is 0 Å². The van der Waals surface area contributed by atoms with Crippen LogP contribution in [-0.4, -0.2) is 38.1 Å². The smallest absolute Gasteiger partial charge is 0.00579 e. The zero-order valence-corrected chi connectivity index (χ0v) is 12.1. The van der Waals surface area contributed by atoms with Crippen LogP contribution in [0.1, 0.15) is 31.1 Å². The topological polar surface area (TPSA) is 15.3 Å². The quantitative estimate of drug-likeness (QED) is 0.646. The first-order valence-corrected chi connectivity index (χ1v) is 7.62. The van der Waals surface area contributed by atoms with Crippen molar-refractivity contribution in [3.8, 4) is 0 Å². The molecule has 0 unspecified atom stereocenters. The molecular weight excluding hydrogens is 228 g/mol. The molecule has 98 valence electrons. The van der Waals surface area contributed by atoms with Gasteiger partial charge in [-0.2, -0.15) is 0 Å². The summed E-state index contributed by atoms with van der Waals surface area (Å²) in [5.41, 5.74) is 0. The molecule has 0 saturated heterocycles. The van der Waals surface area contributed by atoms with Crippen LogP contribution in [0.5, 0.6) is 0 Å². The summed E-state index contributed by atoms with van der Waals surface area (Å²) in [6.07, 6.45) is 5.18. The number of hydrogen-bond donors (Lipinski definition) is 1. The number of unbranched alkanes of at least 4 members (excludes halogenated alkanes) is 2. The summed E-state index contributed by atoms with van der Waals surface area (Å²) >= 11 is 1.87. The van der Waals surface area contributed by atoms with Gasteiger partial charge in [0.2, 0.25) is 0 Å². The average Bonchev–Trinajstić information content (AvgIpc) is 2.84. The first-order chi connectivity index (χ1) is 8.33. The lowest BCUT2D eigenvalue weighted by molar-refractivity contribution is 0.329. The Bertz CT molecular complexity index is 259. The Kier molecular flexibility index (Phi) is 8.32. The van der Waals surface area contributed by atoms with Crippen LogP contribution in [0, 0.1) is 0 Å². The largest absolute Gasteiger partial charge is 0.317 e. The standard InChI is InChI=1S/C14H26N2S/c1-3-15-10-5-4-6-11-16(2)12-9-14-8-7-13-17-14/h7-8,13,15H,3-6,9-12H2,1-2H3. The summed E-state index contributed by atoms with van der Waals surface area (Å²) in [4.78, 5) is 3.96. The third-order valence-corrected chi connectivity index (χ3v) is 3.90. The summed E-state index contributed by atoms with van der Waals surface area (Å²) in [5.74, 6) is 0. The monoisotopic (exact) mass is 254 g/mol. The molecule has 0 aliphatic carbocycles. The molecule has 0 aliphatic rings. The Morgan fingerprint density at radius 3 is 2.82 bits per heavy atom. The van der Waals surface area contributed by atoms with Gasteiger partial charge in [-0.25, -0.2) is 0 Å². The van der Waals surface area contributed by atoms with Crippen LogP contribution in [0.15, 0.2) is 17.5 Å². The molecule has 2 nitrogen and oxygen atoms in total. The van der Waals surface area contributed by atoms with E-state index in [1.807, 2.05) is 11.3 Å². The molecule has 1 N–H and O–H groups in total. The molecule has 0 atom stereocenters. The van der Waals surface area contributed by atoms with Crippen molar-refractivity contribution in [3.63, 3.8) is 0 Å². The number of nitrogens with zero attached hydrogens (tertiary/aromatic N) is 1. The molecule has 0 aromatic carbocycles. The summed E-state index contributed by atoms with van der Waals surface area (Å²) in [6.45, 7) is 6.86. The van der Waals surface area contributed by atoms with E-state index in [0.29, 0.717) is 0 Å². The van der Waals surface area contributed by atoms with Crippen LogP contribution < -0.4 is 5.32 Å². The lowest BCUT2D eigenvalue weighted by Gasteiger charge is -2.15. The second-order valence-corrected chi connectivity index (χ2v) is 5.58. The van der Waals surface area contributed by atoms with Crippen LogP contribution in [0.4, 0.5) is 0 Å². The SMILES string of the molecule is CCNCCCCCN(C)CCc1cccs1. The summed E-state index contributed by atoms with van der Waals surface area (Å²) in [7, 11) is 2.23. The van der Waals surface area contributed by atoms with Crippen molar-refractivity contribution in [2.45, 2.75) is 32.6 Å². The van der Waals surface area contributed by atoms with Crippen molar-refractivity contribution in [1.82, 2.24) is 10.2 Å². The van der Waals surface area contributed by atoms with Crippen LogP contribution in [0.25, 0.3) is 0 Å². The van der Waals surface area contributed by atoms with Gasteiger partial charge in [0, 0.05) is 11.4 Å². The highest BCUT2D eigenvalue weighted by molar-refractivity contribution is 7.09. The maximum absolute atomic E-state index is 3.37. The Morgan fingerprint density at radius 1 is 1.24 bits per heavy atom. The van der Waals surface area contributed by atoms with Crippen molar-refractivity contribution < 1.29 is 0 Å². The minimum Gasteiger partial charge on any atom is -0.317 e. The van der Waals surface area contributed by atoms with Crippen LogP contribution >= 0.6 is 11.3 Å². The fraction of sp³-hybridized carbons (Fsp3) is 0.714. The predicted molar refractivity (Wildman–Crippen MR) is 77.9 cm³/mol. The van der Waals surface area contributed by atoms with E-state index in [0.717, 1.165) is 6.54 Å². The Labute approximate surface area is 110 Å². The Balaban J connectivity index is 1.92. The Morgan fingerprint density at radius 2 is 2.12 bits per heavy atom. The molecule has 0 fully saturated rings. The highest BCUT2D eigenvalue weighted by Crippen LogP contribution is 2.09. The van der Waals surface area contributed by atoms with E-state index >= 15 is 0 Å². The maximum Gasteiger partial charge on any atom is 0.00579 e. The normalized spacial score (nSPS) is 11.2. The minimum atomic E-state index is 1.10. The van der Waals surface area contributed by atoms with E-state index in [9.17, 15) is 0 Å². The fourth-order valence-electron chi connectivity index (χ4n) is 1.85. The second kappa shape index (κ2) is 9.63. The molecule has 17 heavy (non-hydrogen) atoms. The zero-order chi connectivity index (χ0) is 12.3. The highest BCUT2D eigenvalue weighted by atomic mass is 32.1. The highest BCUT2D eigenvalue weighted by Gasteiger charge is 1.99. The van der Waals surface area contributed by atoms with Crippen LogP contribution in [-0.2, 0) is 6.42 Å². The molecule has 0 spiro atoms. The first kappa shape index (κ1) is 14.7. The van der Waals surface area contributed by atoms with Gasteiger partial charge in [0.1, 0.15) is 0 Å². The molecule has 1 aromatic heterocycles. The number of hydrogen-bond acceptors (Lipinski definition) is 3. The van der Waals surface area contributed by atoms with Crippen molar-refractivity contribution in [3.05, 3.63) is 22.4 Å². The van der Waals surface area contributed by atoms with E-state index < -0.39 is 0 Å². The third kappa shape index (κ3) is 7.53. The van der Waals surface area contributed by atoms with Gasteiger partial charge in [-0.1, -0.05) is 19.4 Å². The molecule has 0 radical (unpaired) electrons. The van der Waals surface area contributed by atoms with Crippen LogP contribution in [0.3, 0.4) is 0 Å². The van der Waals surface area contributed by atoms with Gasteiger partial charge >= 0.3 is 0 Å². The third-order valence-electron chi connectivity index (χ3n) is 2.96. The average molecular weight is 254 g/mol. The molecule has 0 amide bonds. The molecule has 0 saturated carbocycles. The molecule has 0 aliphatic heterocycles. The van der Waals surface area contributed by atoms with Crippen molar-refractivity contribution in [1.29, 1.82) is 0 Å². The lowest BCUT2D eigenvalue weighted by atomic mass is 10.2. The maximum atomic E-state index is 3.37. The van der Waals surface area contributed by atoms with Gasteiger partial charge < -0.3 is 10.2 Å². The molecular formula is C14H26N2S. The van der Waals surface area contributed by atoms with E-state index in [1.54, 1.807) is 0 Å². The summed E-state index contributed by atoms with van der Waals surface area (Å²) in [5, 5.41) is 5.53. The Hall–Kier alpha value is -0.380. The zero-order valence-electron chi connectivity index (χ0n) is 11.2. The van der Waals surface area contributed by atoms with Gasteiger partial charge in [0.25, 0.3) is 0 Å². The second-order valence-electron chi connectivity index (χ2n) is 4.55. The van der Waals surface area contributed by atoms with Crippen molar-refractivity contribution in [2.75, 3.05) is 33.2 Å². The van der Waals surface area contributed by atoms with E-state index in [1.165, 1.54) is 50.2 Å². The van der Waals surface area contributed by atoms with Gasteiger partial charge in [-0.05, 0) is 57.4 Å². The van der Waals surface area contributed by atoms with Crippen LogP contribution in [0.2, 0.25) is 0 Å². The molecule has 1 aromatic rings. The molecule has 1 heterocycles.